The lowest BCUT2D eigenvalue weighted by Gasteiger charge is -2.11. The van der Waals surface area contributed by atoms with Gasteiger partial charge < -0.3 is 4.90 Å². The molecule has 3 rings (SSSR count). The molecule has 4 nitrogen and oxygen atoms in total. The maximum absolute atomic E-state index is 4.73. The van der Waals surface area contributed by atoms with Crippen LogP contribution in [0, 0.1) is 13.8 Å². The Labute approximate surface area is 125 Å². The van der Waals surface area contributed by atoms with Crippen LogP contribution >= 0.6 is 0 Å². The first-order chi connectivity index (χ1) is 10.0. The van der Waals surface area contributed by atoms with Gasteiger partial charge in [0.1, 0.15) is 0 Å². The molecule has 0 saturated heterocycles. The summed E-state index contributed by atoms with van der Waals surface area (Å²) in [5.41, 5.74) is 5.72. The van der Waals surface area contributed by atoms with E-state index in [-0.39, 0.29) is 0 Å². The lowest BCUT2D eigenvalue weighted by molar-refractivity contribution is 0.396. The van der Waals surface area contributed by atoms with E-state index >= 15 is 0 Å². The van der Waals surface area contributed by atoms with Gasteiger partial charge in [0.05, 0.1) is 11.4 Å². The highest BCUT2D eigenvalue weighted by Gasteiger charge is 2.15. The molecular weight excluding hydrogens is 260 g/mol. The van der Waals surface area contributed by atoms with Crippen molar-refractivity contribution in [1.29, 1.82) is 0 Å². The minimum atomic E-state index is 0.757. The van der Waals surface area contributed by atoms with Crippen LogP contribution in [0.5, 0.6) is 0 Å². The Morgan fingerprint density at radius 2 is 1.76 bits per heavy atom. The Kier molecular flexibility index (Phi) is 3.47. The summed E-state index contributed by atoms with van der Waals surface area (Å²) in [6.45, 7) is 4.98. The van der Waals surface area contributed by atoms with Crippen molar-refractivity contribution >= 4 is 5.78 Å². The van der Waals surface area contributed by atoms with Crippen molar-refractivity contribution in [2.45, 2.75) is 20.4 Å². The van der Waals surface area contributed by atoms with Crippen molar-refractivity contribution in [3.05, 3.63) is 53.5 Å². The highest BCUT2D eigenvalue weighted by atomic mass is 15.1. The maximum Gasteiger partial charge on any atom is 0.234 e. The molecule has 0 N–H and O–H groups in total. The predicted octanol–water partition coefficient (Wildman–Crippen LogP) is 3.07. The fourth-order valence-electron chi connectivity index (χ4n) is 2.47. The summed E-state index contributed by atoms with van der Waals surface area (Å²) in [5.74, 6) is 0.757. The van der Waals surface area contributed by atoms with Crippen molar-refractivity contribution in [3.63, 3.8) is 0 Å². The molecule has 0 bridgehead atoms. The summed E-state index contributed by atoms with van der Waals surface area (Å²) in [5, 5.41) is 0. The Morgan fingerprint density at radius 3 is 2.43 bits per heavy atom. The van der Waals surface area contributed by atoms with Gasteiger partial charge in [-0.15, -0.1) is 0 Å². The molecule has 1 aromatic carbocycles. The third-order valence-electron chi connectivity index (χ3n) is 3.50. The molecule has 0 fully saturated rings. The first-order valence-corrected chi connectivity index (χ1v) is 7.10. The first kappa shape index (κ1) is 13.8. The SMILES string of the molecule is Cc1ccc(-c2nc3ncc(C)cn3c2CN(C)C)cc1. The summed E-state index contributed by atoms with van der Waals surface area (Å²) in [4.78, 5) is 11.3. The second-order valence-electron chi connectivity index (χ2n) is 5.81. The quantitative estimate of drug-likeness (QED) is 0.739. The predicted molar refractivity (Wildman–Crippen MR) is 85.3 cm³/mol. The fourth-order valence-corrected chi connectivity index (χ4v) is 2.47. The molecule has 108 valence electrons. The largest absolute Gasteiger partial charge is 0.304 e. The number of fused-ring (bicyclic) bond motifs is 1. The van der Waals surface area contributed by atoms with Gasteiger partial charge >= 0.3 is 0 Å². The van der Waals surface area contributed by atoms with Crippen LogP contribution in [0.15, 0.2) is 36.7 Å². The highest BCUT2D eigenvalue weighted by molar-refractivity contribution is 5.65. The summed E-state index contributed by atoms with van der Waals surface area (Å²) >= 11 is 0. The van der Waals surface area contributed by atoms with Crippen LogP contribution in [-0.2, 0) is 6.54 Å². The van der Waals surface area contributed by atoms with Gasteiger partial charge in [0.15, 0.2) is 0 Å². The second kappa shape index (κ2) is 5.30. The van der Waals surface area contributed by atoms with Crippen molar-refractivity contribution in [2.75, 3.05) is 14.1 Å². The molecule has 0 amide bonds. The molecule has 0 aliphatic heterocycles. The van der Waals surface area contributed by atoms with E-state index in [1.807, 2.05) is 6.20 Å². The van der Waals surface area contributed by atoms with Crippen LogP contribution in [0.4, 0.5) is 0 Å². The molecule has 2 heterocycles. The Morgan fingerprint density at radius 1 is 1.05 bits per heavy atom. The molecule has 21 heavy (non-hydrogen) atoms. The molecule has 0 unspecified atom stereocenters. The van der Waals surface area contributed by atoms with E-state index in [1.54, 1.807) is 0 Å². The number of rotatable bonds is 3. The smallest absolute Gasteiger partial charge is 0.234 e. The number of benzene rings is 1. The van der Waals surface area contributed by atoms with E-state index in [0.717, 1.165) is 29.1 Å². The topological polar surface area (TPSA) is 33.4 Å². The fraction of sp³-hybridized carbons (Fsp3) is 0.294. The van der Waals surface area contributed by atoms with Crippen LogP contribution in [0.25, 0.3) is 17.0 Å². The third-order valence-corrected chi connectivity index (χ3v) is 3.50. The molecule has 0 atom stereocenters. The minimum absolute atomic E-state index is 0.757. The van der Waals surface area contributed by atoms with Crippen molar-refractivity contribution in [2.24, 2.45) is 0 Å². The van der Waals surface area contributed by atoms with E-state index in [9.17, 15) is 0 Å². The summed E-state index contributed by atoms with van der Waals surface area (Å²) in [6.07, 6.45) is 3.96. The van der Waals surface area contributed by atoms with Crippen LogP contribution < -0.4 is 0 Å². The zero-order valence-corrected chi connectivity index (χ0v) is 13.0. The van der Waals surface area contributed by atoms with Crippen LogP contribution in [0.1, 0.15) is 16.8 Å². The average Bonchev–Trinajstić information content (AvgIpc) is 2.77. The lowest BCUT2D eigenvalue weighted by atomic mass is 10.1. The minimum Gasteiger partial charge on any atom is -0.304 e. The number of aryl methyl sites for hydroxylation is 2. The number of aromatic nitrogens is 3. The van der Waals surface area contributed by atoms with Crippen molar-refractivity contribution < 1.29 is 0 Å². The normalized spacial score (nSPS) is 11.5. The van der Waals surface area contributed by atoms with Crippen LogP contribution in [0.3, 0.4) is 0 Å². The van der Waals surface area contributed by atoms with Gasteiger partial charge in [-0.3, -0.25) is 4.40 Å². The molecule has 4 heteroatoms. The van der Waals surface area contributed by atoms with E-state index in [0.29, 0.717) is 0 Å². The Balaban J connectivity index is 2.22. The zero-order valence-electron chi connectivity index (χ0n) is 13.0. The van der Waals surface area contributed by atoms with E-state index in [2.05, 4.69) is 72.7 Å². The van der Waals surface area contributed by atoms with E-state index < -0.39 is 0 Å². The van der Waals surface area contributed by atoms with Gasteiger partial charge in [-0.2, -0.15) is 0 Å². The number of imidazole rings is 1. The van der Waals surface area contributed by atoms with Crippen molar-refractivity contribution in [1.82, 2.24) is 19.3 Å². The Hall–Kier alpha value is -2.20. The van der Waals surface area contributed by atoms with Gasteiger partial charge in [-0.05, 0) is 33.5 Å². The standard InChI is InChI=1S/C17H20N4/c1-12-5-7-14(8-6-12)16-15(11-20(3)4)21-10-13(2)9-18-17(21)19-16/h5-10H,11H2,1-4H3. The van der Waals surface area contributed by atoms with Gasteiger partial charge in [-0.25, -0.2) is 9.97 Å². The molecule has 3 aromatic rings. The monoisotopic (exact) mass is 280 g/mol. The van der Waals surface area contributed by atoms with Crippen LogP contribution in [0.2, 0.25) is 0 Å². The zero-order chi connectivity index (χ0) is 15.0. The summed E-state index contributed by atoms with van der Waals surface area (Å²) in [7, 11) is 4.14. The number of hydrogen-bond acceptors (Lipinski definition) is 3. The van der Waals surface area contributed by atoms with Crippen molar-refractivity contribution in [3.8, 4) is 11.3 Å². The lowest BCUT2D eigenvalue weighted by Crippen LogP contribution is -2.13. The molecular formula is C17H20N4. The maximum atomic E-state index is 4.73. The second-order valence-corrected chi connectivity index (χ2v) is 5.81. The van der Waals surface area contributed by atoms with Gasteiger partial charge in [0, 0.05) is 24.5 Å². The van der Waals surface area contributed by atoms with Crippen LogP contribution in [-0.4, -0.2) is 33.4 Å². The molecule has 0 aliphatic rings. The first-order valence-electron chi connectivity index (χ1n) is 7.10. The van der Waals surface area contributed by atoms with Gasteiger partial charge in [0.2, 0.25) is 5.78 Å². The van der Waals surface area contributed by atoms with E-state index in [4.69, 9.17) is 4.98 Å². The summed E-state index contributed by atoms with van der Waals surface area (Å²) < 4.78 is 2.10. The molecule has 0 radical (unpaired) electrons. The summed E-state index contributed by atoms with van der Waals surface area (Å²) in [6, 6.07) is 8.50. The highest BCUT2D eigenvalue weighted by Crippen LogP contribution is 2.25. The molecule has 2 aromatic heterocycles. The molecule has 0 saturated carbocycles. The molecule has 0 aliphatic carbocycles. The molecule has 0 spiro atoms. The average molecular weight is 280 g/mol. The van der Waals surface area contributed by atoms with Gasteiger partial charge in [0.25, 0.3) is 0 Å². The number of nitrogens with zero attached hydrogens (tertiary/aromatic N) is 4. The number of hydrogen-bond donors (Lipinski definition) is 0. The van der Waals surface area contributed by atoms with Gasteiger partial charge in [-0.1, -0.05) is 29.8 Å². The van der Waals surface area contributed by atoms with E-state index in [1.165, 1.54) is 11.3 Å². The Bertz CT molecular complexity index is 769. The third kappa shape index (κ3) is 2.67.